The highest BCUT2D eigenvalue weighted by Gasteiger charge is 2.21. The summed E-state index contributed by atoms with van der Waals surface area (Å²) in [4.78, 5) is 34.4. The van der Waals surface area contributed by atoms with Crippen LogP contribution in [0, 0.1) is 5.92 Å². The van der Waals surface area contributed by atoms with Crippen molar-refractivity contribution in [3.63, 3.8) is 0 Å². The van der Waals surface area contributed by atoms with Crippen LogP contribution in [0.5, 0.6) is 0 Å². The highest BCUT2D eigenvalue weighted by molar-refractivity contribution is 7.81. The summed E-state index contributed by atoms with van der Waals surface area (Å²) in [7, 11) is 0. The lowest BCUT2D eigenvalue weighted by molar-refractivity contribution is -0.142. The standard InChI is InChI=1S/C21H23NO6S/c23-19(22-28)12-18(29)7-6-15(20(24)25)8-13-9-16(11-17(10-13)21(26)27)14-4-2-1-3-5-14/h1-5,9-11,15,18,28-29H,6-8,12H2,(H,22,23)(H,24,25)(H,26,27). The Kier molecular flexibility index (Phi) is 8.23. The quantitative estimate of drug-likeness (QED) is 0.230. The number of amides is 1. The molecule has 4 N–H and O–H groups in total. The summed E-state index contributed by atoms with van der Waals surface area (Å²) in [5, 5.41) is 27.2. The molecule has 7 nitrogen and oxygen atoms in total. The van der Waals surface area contributed by atoms with E-state index in [2.05, 4.69) is 12.6 Å². The largest absolute Gasteiger partial charge is 0.481 e. The van der Waals surface area contributed by atoms with Crippen LogP contribution in [0.3, 0.4) is 0 Å². The van der Waals surface area contributed by atoms with Gasteiger partial charge in [0.15, 0.2) is 0 Å². The number of hydrogen-bond acceptors (Lipinski definition) is 5. The zero-order chi connectivity index (χ0) is 21.4. The smallest absolute Gasteiger partial charge is 0.335 e. The van der Waals surface area contributed by atoms with Crippen molar-refractivity contribution in [1.29, 1.82) is 0 Å². The predicted molar refractivity (Wildman–Crippen MR) is 110 cm³/mol. The van der Waals surface area contributed by atoms with Crippen molar-refractivity contribution in [3.05, 3.63) is 59.7 Å². The van der Waals surface area contributed by atoms with E-state index in [-0.39, 0.29) is 24.8 Å². The van der Waals surface area contributed by atoms with Crippen LogP contribution in [0.4, 0.5) is 0 Å². The van der Waals surface area contributed by atoms with Gasteiger partial charge >= 0.3 is 11.9 Å². The Balaban J connectivity index is 2.20. The number of carboxylic acid groups (broad SMARTS) is 2. The van der Waals surface area contributed by atoms with Crippen molar-refractivity contribution < 1.29 is 29.8 Å². The molecule has 0 aliphatic rings. The highest BCUT2D eigenvalue weighted by atomic mass is 32.1. The van der Waals surface area contributed by atoms with Crippen LogP contribution in [-0.4, -0.2) is 38.5 Å². The topological polar surface area (TPSA) is 124 Å². The van der Waals surface area contributed by atoms with Gasteiger partial charge in [0.1, 0.15) is 0 Å². The molecular formula is C21H23NO6S. The van der Waals surface area contributed by atoms with Gasteiger partial charge in [-0.25, -0.2) is 10.3 Å². The van der Waals surface area contributed by atoms with Gasteiger partial charge in [0.2, 0.25) is 5.91 Å². The maximum atomic E-state index is 11.7. The van der Waals surface area contributed by atoms with Crippen molar-refractivity contribution in [1.82, 2.24) is 5.48 Å². The predicted octanol–water partition coefficient (Wildman–Crippen LogP) is 3.27. The van der Waals surface area contributed by atoms with Gasteiger partial charge in [-0.1, -0.05) is 36.4 Å². The zero-order valence-corrected chi connectivity index (χ0v) is 16.5. The third-order valence-electron chi connectivity index (χ3n) is 4.57. The monoisotopic (exact) mass is 417 g/mol. The molecule has 2 aromatic rings. The second-order valence-corrected chi connectivity index (χ2v) is 7.53. The first-order chi connectivity index (χ1) is 13.8. The number of benzene rings is 2. The Labute approximate surface area is 173 Å². The maximum Gasteiger partial charge on any atom is 0.335 e. The molecule has 154 valence electrons. The second-order valence-electron chi connectivity index (χ2n) is 6.80. The number of carbonyl (C=O) groups excluding carboxylic acids is 1. The third-order valence-corrected chi connectivity index (χ3v) is 5.01. The SMILES string of the molecule is O=C(CC(S)CCC(Cc1cc(C(=O)O)cc(-c2ccccc2)c1)C(=O)O)NO. The van der Waals surface area contributed by atoms with Crippen LogP contribution < -0.4 is 5.48 Å². The summed E-state index contributed by atoms with van der Waals surface area (Å²) in [6, 6.07) is 14.1. The van der Waals surface area contributed by atoms with Crippen LogP contribution in [-0.2, 0) is 16.0 Å². The van der Waals surface area contributed by atoms with Crippen molar-refractivity contribution in [2.75, 3.05) is 0 Å². The zero-order valence-electron chi connectivity index (χ0n) is 15.6. The minimum Gasteiger partial charge on any atom is -0.481 e. The number of rotatable bonds is 10. The first-order valence-electron chi connectivity index (χ1n) is 9.06. The fourth-order valence-electron chi connectivity index (χ4n) is 3.08. The molecule has 0 aromatic heterocycles. The molecule has 1 amide bonds. The lowest BCUT2D eigenvalue weighted by Crippen LogP contribution is -2.23. The lowest BCUT2D eigenvalue weighted by Gasteiger charge is -2.16. The van der Waals surface area contributed by atoms with Crippen LogP contribution >= 0.6 is 12.6 Å². The van der Waals surface area contributed by atoms with Crippen molar-refractivity contribution in [3.8, 4) is 11.1 Å². The molecule has 8 heteroatoms. The van der Waals surface area contributed by atoms with Crippen molar-refractivity contribution >= 4 is 30.5 Å². The molecule has 2 aromatic carbocycles. The summed E-state index contributed by atoms with van der Waals surface area (Å²) in [5.74, 6) is -3.42. The summed E-state index contributed by atoms with van der Waals surface area (Å²) < 4.78 is 0. The number of carbonyl (C=O) groups is 3. The minimum absolute atomic E-state index is 0.0292. The van der Waals surface area contributed by atoms with Gasteiger partial charge in [-0.3, -0.25) is 14.8 Å². The number of hydroxylamine groups is 1. The minimum atomic E-state index is -1.08. The summed E-state index contributed by atoms with van der Waals surface area (Å²) in [6.07, 6.45) is 0.749. The fourth-order valence-corrected chi connectivity index (χ4v) is 3.40. The Morgan fingerprint density at radius 1 is 0.966 bits per heavy atom. The van der Waals surface area contributed by atoms with Gasteiger partial charge in [-0.2, -0.15) is 12.6 Å². The molecule has 0 heterocycles. The molecule has 0 saturated carbocycles. The van der Waals surface area contributed by atoms with Gasteiger partial charge in [-0.05, 0) is 48.1 Å². The average molecular weight is 417 g/mol. The van der Waals surface area contributed by atoms with Gasteiger partial charge < -0.3 is 10.2 Å². The second kappa shape index (κ2) is 10.6. The first kappa shape index (κ1) is 22.4. The van der Waals surface area contributed by atoms with E-state index in [0.717, 1.165) is 5.56 Å². The van der Waals surface area contributed by atoms with Crippen LogP contribution in [0.2, 0.25) is 0 Å². The molecule has 0 saturated heterocycles. The Hall–Kier alpha value is -2.84. The molecule has 0 radical (unpaired) electrons. The molecule has 0 fully saturated rings. The first-order valence-corrected chi connectivity index (χ1v) is 9.58. The van der Waals surface area contributed by atoms with Gasteiger partial charge in [0, 0.05) is 11.7 Å². The van der Waals surface area contributed by atoms with E-state index in [9.17, 15) is 24.6 Å². The van der Waals surface area contributed by atoms with Crippen molar-refractivity contribution in [2.24, 2.45) is 5.92 Å². The molecule has 2 unspecified atom stereocenters. The van der Waals surface area contributed by atoms with Gasteiger partial charge in [0.05, 0.1) is 11.5 Å². The van der Waals surface area contributed by atoms with E-state index in [4.69, 9.17) is 5.21 Å². The van der Waals surface area contributed by atoms with Crippen LogP contribution in [0.25, 0.3) is 11.1 Å². The normalized spacial score (nSPS) is 12.8. The van der Waals surface area contributed by atoms with E-state index in [1.54, 1.807) is 12.1 Å². The number of nitrogens with one attached hydrogen (secondary N) is 1. The van der Waals surface area contributed by atoms with E-state index >= 15 is 0 Å². The van der Waals surface area contributed by atoms with Gasteiger partial charge in [-0.15, -0.1) is 0 Å². The Morgan fingerprint density at radius 3 is 2.24 bits per heavy atom. The highest BCUT2D eigenvalue weighted by Crippen LogP contribution is 2.26. The number of aromatic carboxylic acids is 1. The molecule has 2 atom stereocenters. The fraction of sp³-hybridized carbons (Fsp3) is 0.286. The molecule has 29 heavy (non-hydrogen) atoms. The Morgan fingerprint density at radius 2 is 1.66 bits per heavy atom. The number of aliphatic carboxylic acids is 1. The van der Waals surface area contributed by atoms with E-state index in [1.807, 2.05) is 30.3 Å². The van der Waals surface area contributed by atoms with E-state index < -0.39 is 29.0 Å². The van der Waals surface area contributed by atoms with E-state index in [1.165, 1.54) is 11.5 Å². The van der Waals surface area contributed by atoms with E-state index in [0.29, 0.717) is 17.5 Å². The van der Waals surface area contributed by atoms with Crippen LogP contribution in [0.15, 0.2) is 48.5 Å². The maximum absolute atomic E-state index is 11.7. The lowest BCUT2D eigenvalue weighted by atomic mass is 9.90. The molecule has 0 aliphatic carbocycles. The summed E-state index contributed by atoms with van der Waals surface area (Å²) in [6.45, 7) is 0. The molecular weight excluding hydrogens is 394 g/mol. The number of hydrogen-bond donors (Lipinski definition) is 5. The molecule has 0 aliphatic heterocycles. The van der Waals surface area contributed by atoms with Crippen LogP contribution in [0.1, 0.15) is 35.2 Å². The number of carboxylic acids is 2. The third kappa shape index (κ3) is 6.92. The van der Waals surface area contributed by atoms with Gasteiger partial charge in [0.25, 0.3) is 0 Å². The summed E-state index contributed by atoms with van der Waals surface area (Å²) in [5.41, 5.74) is 3.78. The average Bonchev–Trinajstić information content (AvgIpc) is 2.71. The Bertz CT molecular complexity index is 871. The molecule has 2 rings (SSSR count). The summed E-state index contributed by atoms with van der Waals surface area (Å²) >= 11 is 4.26. The van der Waals surface area contributed by atoms with Crippen molar-refractivity contribution in [2.45, 2.75) is 30.9 Å². The molecule has 0 spiro atoms. The number of thiol groups is 1. The molecule has 0 bridgehead atoms.